The average Bonchev–Trinajstić information content (AvgIpc) is 3.47. The number of carbonyl (C=O) groups is 4. The molecular weight excluding hydrogens is 729 g/mol. The predicted octanol–water partition coefficient (Wildman–Crippen LogP) is 6.45. The zero-order valence-corrected chi connectivity index (χ0v) is 33.0. The Morgan fingerprint density at radius 2 is 1.48 bits per heavy atom. The summed E-state index contributed by atoms with van der Waals surface area (Å²) in [5.74, 6) is 0.630. The predicted molar refractivity (Wildman–Crippen MR) is 220 cm³/mol. The summed E-state index contributed by atoms with van der Waals surface area (Å²) in [6, 6.07) is 29.9. The van der Waals surface area contributed by atoms with Crippen LogP contribution in [-0.2, 0) is 22.4 Å². The van der Waals surface area contributed by atoms with Crippen molar-refractivity contribution in [3.05, 3.63) is 130 Å². The molecule has 9 rings (SSSR count). The Hall–Kier alpha value is -5.32. The van der Waals surface area contributed by atoms with Crippen molar-refractivity contribution in [2.45, 2.75) is 81.8 Å². The molecule has 0 saturated carbocycles. The summed E-state index contributed by atoms with van der Waals surface area (Å²) in [6.45, 7) is 6.30. The number of likely N-dealkylation sites (tertiary alicyclic amines) is 2. The fraction of sp³-hybridized carbons (Fsp3) is 0.417. The van der Waals surface area contributed by atoms with Crippen molar-refractivity contribution < 1.29 is 29.0 Å². The van der Waals surface area contributed by atoms with E-state index in [2.05, 4.69) is 75.8 Å². The molecule has 4 aromatic rings. The lowest BCUT2D eigenvalue weighted by Gasteiger charge is -2.40. The summed E-state index contributed by atoms with van der Waals surface area (Å²) in [6.07, 6.45) is 7.85. The van der Waals surface area contributed by atoms with Crippen LogP contribution in [0.2, 0.25) is 0 Å². The maximum atomic E-state index is 13.2. The number of nitrogens with zero attached hydrogens (tertiary/aromatic N) is 3. The van der Waals surface area contributed by atoms with Gasteiger partial charge < -0.3 is 14.7 Å². The number of piperidine rings is 2. The number of amides is 4. The van der Waals surface area contributed by atoms with Gasteiger partial charge in [0.2, 0.25) is 11.8 Å². The van der Waals surface area contributed by atoms with E-state index in [1.807, 2.05) is 24.3 Å². The maximum Gasteiger partial charge on any atom is 0.262 e. The fourth-order valence-electron chi connectivity index (χ4n) is 10.1. The van der Waals surface area contributed by atoms with E-state index in [-0.39, 0.29) is 30.8 Å². The van der Waals surface area contributed by atoms with Crippen LogP contribution in [0, 0.1) is 5.92 Å². The number of hydrogen-bond acceptors (Lipinski definition) is 8. The monoisotopic (exact) mass is 780 g/mol. The molecule has 4 amide bonds. The molecule has 10 heteroatoms. The first kappa shape index (κ1) is 38.2. The van der Waals surface area contributed by atoms with Crippen LogP contribution in [0.25, 0.3) is 0 Å². The molecule has 2 N–H and O–H groups in total. The molecular formula is C48H52N4O6. The number of imide groups is 2. The number of aryl methyl sites for hydroxylation is 2. The van der Waals surface area contributed by atoms with Gasteiger partial charge in [0.05, 0.1) is 11.1 Å². The molecule has 0 spiro atoms. The van der Waals surface area contributed by atoms with Crippen molar-refractivity contribution in [3.63, 3.8) is 0 Å². The quantitative estimate of drug-likeness (QED) is 0.158. The maximum absolute atomic E-state index is 13.2. The minimum Gasteiger partial charge on any atom is -0.508 e. The standard InChI is InChI=1S/C48H52N4O6/c53-36-13-18-40-35(28-36)12-17-39(33-5-2-1-3-6-33)45(40)34-10-14-37(15-11-34)58-38-29-51(30-38)24-4-23-50-25-21-31(22-26-50)7-8-32-9-16-41-42(27-32)48(57)52(47(41)56)43-19-20-44(54)49-46(43)55/h1-3,5-6,9-11,13-16,18,27-28,31,38-39,43,45,53H,4,7-8,12,17,19-26,29-30H2,(H,49,54,55). The Morgan fingerprint density at radius 1 is 0.724 bits per heavy atom. The van der Waals surface area contributed by atoms with Gasteiger partial charge in [0.15, 0.2) is 0 Å². The molecule has 0 radical (unpaired) electrons. The van der Waals surface area contributed by atoms with Crippen molar-refractivity contribution >= 4 is 23.6 Å². The number of rotatable bonds is 12. The molecule has 4 aliphatic heterocycles. The topological polar surface area (TPSA) is 119 Å². The highest BCUT2D eigenvalue weighted by molar-refractivity contribution is 6.23. The highest BCUT2D eigenvalue weighted by atomic mass is 16.5. The number of hydrogen-bond donors (Lipinski definition) is 2. The minimum atomic E-state index is -0.940. The van der Waals surface area contributed by atoms with Crippen LogP contribution >= 0.6 is 0 Å². The molecule has 0 aromatic heterocycles. The second-order valence-electron chi connectivity index (χ2n) is 17.0. The van der Waals surface area contributed by atoms with Gasteiger partial charge in [-0.05, 0) is 154 Å². The first-order valence-electron chi connectivity index (χ1n) is 21.2. The summed E-state index contributed by atoms with van der Waals surface area (Å²) >= 11 is 0. The van der Waals surface area contributed by atoms with Crippen molar-refractivity contribution in [1.82, 2.24) is 20.0 Å². The second kappa shape index (κ2) is 16.5. The molecule has 58 heavy (non-hydrogen) atoms. The Kier molecular flexibility index (Phi) is 10.9. The van der Waals surface area contributed by atoms with Gasteiger partial charge in [-0.2, -0.15) is 0 Å². The Labute approximate surface area is 340 Å². The minimum absolute atomic E-state index is 0.113. The molecule has 3 atom stereocenters. The molecule has 3 unspecified atom stereocenters. The summed E-state index contributed by atoms with van der Waals surface area (Å²) in [5, 5.41) is 12.4. The average molecular weight is 781 g/mol. The third-order valence-electron chi connectivity index (χ3n) is 13.3. The molecule has 0 bridgehead atoms. The lowest BCUT2D eigenvalue weighted by atomic mass is 9.69. The van der Waals surface area contributed by atoms with E-state index in [1.54, 1.807) is 6.07 Å². The smallest absolute Gasteiger partial charge is 0.262 e. The zero-order valence-electron chi connectivity index (χ0n) is 33.0. The molecule has 4 heterocycles. The first-order valence-corrected chi connectivity index (χ1v) is 21.2. The van der Waals surface area contributed by atoms with Gasteiger partial charge in [0.25, 0.3) is 11.8 Å². The number of fused-ring (bicyclic) bond motifs is 2. The van der Waals surface area contributed by atoms with E-state index < -0.39 is 23.8 Å². The van der Waals surface area contributed by atoms with Crippen LogP contribution < -0.4 is 10.1 Å². The van der Waals surface area contributed by atoms with E-state index in [1.165, 1.54) is 22.3 Å². The van der Waals surface area contributed by atoms with Gasteiger partial charge in [-0.1, -0.05) is 54.6 Å². The van der Waals surface area contributed by atoms with E-state index >= 15 is 0 Å². The van der Waals surface area contributed by atoms with Gasteiger partial charge in [-0.3, -0.25) is 34.3 Å². The molecule has 1 aliphatic carbocycles. The Balaban J connectivity index is 0.691. The second-order valence-corrected chi connectivity index (χ2v) is 17.0. The van der Waals surface area contributed by atoms with Crippen LogP contribution in [-0.4, -0.2) is 94.8 Å². The Bertz CT molecular complexity index is 2180. The number of benzene rings is 4. The van der Waals surface area contributed by atoms with E-state index in [0.29, 0.717) is 28.7 Å². The SMILES string of the molecule is O=C1CCC(N2C(=O)c3ccc(CCC4CCN(CCCN5CC(Oc6ccc(C7c8ccc(O)cc8CCC7c7ccccc7)cc6)C5)CC4)cc3C2=O)C(=O)N1. The number of nitrogens with one attached hydrogen (secondary N) is 1. The van der Waals surface area contributed by atoms with Crippen LogP contribution in [0.4, 0.5) is 0 Å². The Morgan fingerprint density at radius 3 is 2.26 bits per heavy atom. The van der Waals surface area contributed by atoms with Gasteiger partial charge in [-0.15, -0.1) is 0 Å². The molecule has 3 saturated heterocycles. The van der Waals surface area contributed by atoms with Crippen LogP contribution in [0.1, 0.15) is 105 Å². The van der Waals surface area contributed by atoms with Crippen molar-refractivity contribution in [2.75, 3.05) is 39.3 Å². The van der Waals surface area contributed by atoms with Crippen molar-refractivity contribution in [1.29, 1.82) is 0 Å². The van der Waals surface area contributed by atoms with Crippen LogP contribution in [0.5, 0.6) is 11.5 Å². The van der Waals surface area contributed by atoms with E-state index in [0.717, 1.165) is 100 Å². The van der Waals surface area contributed by atoms with E-state index in [9.17, 15) is 24.3 Å². The first-order chi connectivity index (χ1) is 28.3. The van der Waals surface area contributed by atoms with Gasteiger partial charge in [0, 0.05) is 25.4 Å². The number of phenolic OH excluding ortho intramolecular Hbond substituents is 1. The number of aromatic hydroxyl groups is 1. The molecule has 5 aliphatic rings. The lowest BCUT2D eigenvalue weighted by Crippen LogP contribution is -2.54. The van der Waals surface area contributed by atoms with Gasteiger partial charge in [0.1, 0.15) is 23.6 Å². The van der Waals surface area contributed by atoms with Gasteiger partial charge >= 0.3 is 0 Å². The third kappa shape index (κ3) is 7.92. The third-order valence-corrected chi connectivity index (χ3v) is 13.3. The highest BCUT2D eigenvalue weighted by Crippen LogP contribution is 2.47. The normalized spacial score (nSPS) is 23.0. The summed E-state index contributed by atoms with van der Waals surface area (Å²) in [5.41, 5.74) is 6.92. The fourth-order valence-corrected chi connectivity index (χ4v) is 10.1. The van der Waals surface area contributed by atoms with Crippen LogP contribution in [0.3, 0.4) is 0 Å². The lowest BCUT2D eigenvalue weighted by molar-refractivity contribution is -0.136. The number of ether oxygens (including phenoxy) is 1. The number of carbonyl (C=O) groups excluding carboxylic acids is 4. The summed E-state index contributed by atoms with van der Waals surface area (Å²) < 4.78 is 6.41. The van der Waals surface area contributed by atoms with E-state index in [4.69, 9.17) is 4.74 Å². The molecule has 10 nitrogen and oxygen atoms in total. The molecule has 4 aromatic carbocycles. The number of phenols is 1. The summed E-state index contributed by atoms with van der Waals surface area (Å²) in [4.78, 5) is 56.4. The summed E-state index contributed by atoms with van der Waals surface area (Å²) in [7, 11) is 0. The molecule has 300 valence electrons. The molecule has 3 fully saturated rings. The van der Waals surface area contributed by atoms with Crippen molar-refractivity contribution in [2.24, 2.45) is 5.92 Å². The van der Waals surface area contributed by atoms with Crippen LogP contribution in [0.15, 0.2) is 91.0 Å². The van der Waals surface area contributed by atoms with Crippen molar-refractivity contribution in [3.8, 4) is 11.5 Å². The highest BCUT2D eigenvalue weighted by Gasteiger charge is 2.44. The largest absolute Gasteiger partial charge is 0.508 e. The van der Waals surface area contributed by atoms with Gasteiger partial charge in [-0.25, -0.2) is 0 Å². The zero-order chi connectivity index (χ0) is 39.8.